The minimum Gasteiger partial charge on any atom is -0.354 e. The lowest BCUT2D eigenvalue weighted by Crippen LogP contribution is -1.91. The van der Waals surface area contributed by atoms with Crippen molar-refractivity contribution < 1.29 is 12.9 Å². The van der Waals surface area contributed by atoms with Crippen LogP contribution in [0.5, 0.6) is 0 Å². The molecule has 0 aliphatic carbocycles. The Morgan fingerprint density at radius 2 is 2.10 bits per heavy atom. The van der Waals surface area contributed by atoms with Crippen LogP contribution in [0.4, 0.5) is 0 Å². The van der Waals surface area contributed by atoms with Crippen LogP contribution in [0.1, 0.15) is 0 Å². The van der Waals surface area contributed by atoms with Crippen molar-refractivity contribution in [2.75, 3.05) is 0 Å². The van der Waals surface area contributed by atoms with Crippen LogP contribution in [0, 0.1) is 0 Å². The van der Waals surface area contributed by atoms with Crippen LogP contribution in [0.2, 0.25) is 0 Å². The topological polar surface area (TPSA) is 86.0 Å². The Morgan fingerprint density at radius 3 is 2.75 bits per heavy atom. The molecular weight excluding hydrogens is 370 g/mol. The number of hydrogen-bond donors (Lipinski definition) is 0. The zero-order valence-electron chi connectivity index (χ0n) is 9.62. The van der Waals surface area contributed by atoms with Gasteiger partial charge in [0.1, 0.15) is 11.4 Å². The van der Waals surface area contributed by atoms with Gasteiger partial charge in [-0.05, 0) is 40.2 Å². The second kappa shape index (κ2) is 4.80. The molecule has 3 rings (SSSR count). The third kappa shape index (κ3) is 2.30. The van der Waals surface area contributed by atoms with Gasteiger partial charge >= 0.3 is 0 Å². The molecule has 102 valence electrons. The number of benzene rings is 1. The van der Waals surface area contributed by atoms with Gasteiger partial charge in [-0.25, -0.2) is 8.42 Å². The quantitative estimate of drug-likeness (QED) is 0.641. The summed E-state index contributed by atoms with van der Waals surface area (Å²) in [6.45, 7) is 0. The predicted molar refractivity (Wildman–Crippen MR) is 75.8 cm³/mol. The van der Waals surface area contributed by atoms with Gasteiger partial charge < -0.3 is 4.52 Å². The molecule has 2 heterocycles. The van der Waals surface area contributed by atoms with Crippen LogP contribution >= 0.6 is 26.6 Å². The molecule has 0 spiro atoms. The molecule has 20 heavy (non-hydrogen) atoms. The minimum atomic E-state index is -3.86. The Bertz CT molecular complexity index is 896. The van der Waals surface area contributed by atoms with E-state index in [1.54, 1.807) is 12.1 Å². The maximum Gasteiger partial charge on any atom is 0.261 e. The van der Waals surface area contributed by atoms with E-state index in [0.717, 1.165) is 0 Å². The zero-order chi connectivity index (χ0) is 14.3. The number of fused-ring (bicyclic) bond motifs is 1. The molecule has 9 heteroatoms. The van der Waals surface area contributed by atoms with Crippen molar-refractivity contribution in [2.24, 2.45) is 0 Å². The minimum absolute atomic E-state index is 0.0492. The van der Waals surface area contributed by atoms with E-state index in [9.17, 15) is 8.42 Å². The highest BCUT2D eigenvalue weighted by molar-refractivity contribution is 9.10. The number of nitrogens with zero attached hydrogens (tertiary/aromatic N) is 3. The molecule has 0 bridgehead atoms. The van der Waals surface area contributed by atoms with Crippen LogP contribution in [-0.2, 0) is 9.05 Å². The first-order chi connectivity index (χ1) is 9.47. The molecule has 0 aliphatic heterocycles. The summed E-state index contributed by atoms with van der Waals surface area (Å²) in [6, 6.07) is 6.14. The molecule has 0 radical (unpaired) electrons. The van der Waals surface area contributed by atoms with Gasteiger partial charge in [0.05, 0.1) is 14.8 Å². The smallest absolute Gasteiger partial charge is 0.261 e. The number of rotatable bonds is 2. The summed E-state index contributed by atoms with van der Waals surface area (Å²) in [5.74, 6) is 0. The van der Waals surface area contributed by atoms with E-state index in [1.165, 1.54) is 18.3 Å². The van der Waals surface area contributed by atoms with Crippen molar-refractivity contribution in [1.29, 1.82) is 0 Å². The van der Waals surface area contributed by atoms with Crippen LogP contribution in [0.15, 0.2) is 44.4 Å². The van der Waals surface area contributed by atoms with Crippen molar-refractivity contribution in [3.8, 4) is 11.4 Å². The molecule has 1 aromatic carbocycles. The fourth-order valence-corrected chi connectivity index (χ4v) is 3.20. The highest BCUT2D eigenvalue weighted by atomic mass is 79.9. The highest BCUT2D eigenvalue weighted by Crippen LogP contribution is 2.34. The molecule has 0 saturated carbocycles. The van der Waals surface area contributed by atoms with E-state index in [0.29, 0.717) is 26.8 Å². The van der Waals surface area contributed by atoms with Gasteiger partial charge in [-0.15, -0.1) is 5.10 Å². The predicted octanol–water partition coefficient (Wildman–Crippen LogP) is 2.97. The van der Waals surface area contributed by atoms with E-state index >= 15 is 0 Å². The molecule has 3 aromatic rings. The third-order valence-electron chi connectivity index (χ3n) is 2.60. The largest absolute Gasteiger partial charge is 0.354 e. The summed E-state index contributed by atoms with van der Waals surface area (Å²) >= 11 is 3.23. The number of halogens is 2. The monoisotopic (exact) mass is 373 g/mol. The van der Waals surface area contributed by atoms with Gasteiger partial charge in [0.2, 0.25) is 0 Å². The first-order valence-electron chi connectivity index (χ1n) is 5.28. The number of hydrogen-bond acceptors (Lipinski definition) is 6. The molecular formula is C11H5BrClN3O3S. The molecule has 0 aliphatic rings. The normalized spacial score (nSPS) is 11.9. The lowest BCUT2D eigenvalue weighted by atomic mass is 10.2. The van der Waals surface area contributed by atoms with Crippen LogP contribution in [0.3, 0.4) is 0 Å². The first kappa shape index (κ1) is 13.5. The fraction of sp³-hybridized carbons (Fsp3) is 0. The zero-order valence-corrected chi connectivity index (χ0v) is 12.8. The summed E-state index contributed by atoms with van der Waals surface area (Å²) in [5, 5.41) is 12.1. The standard InChI is InChI=1S/C11H5BrClN3O3S/c12-8-5-6(20(13,17)18)4-7-10(16-19-11(7)8)9-2-1-3-14-15-9/h1-5H. The maximum atomic E-state index is 11.5. The summed E-state index contributed by atoms with van der Waals surface area (Å²) in [7, 11) is 1.51. The van der Waals surface area contributed by atoms with E-state index in [2.05, 4.69) is 31.3 Å². The molecule has 2 aromatic heterocycles. The Morgan fingerprint density at radius 1 is 1.30 bits per heavy atom. The molecule has 0 amide bonds. The van der Waals surface area contributed by atoms with Gasteiger partial charge in [0.15, 0.2) is 5.58 Å². The molecule has 0 N–H and O–H groups in total. The fourth-order valence-electron chi connectivity index (χ4n) is 1.73. The van der Waals surface area contributed by atoms with Gasteiger partial charge in [-0.3, -0.25) is 0 Å². The second-order valence-electron chi connectivity index (χ2n) is 3.86. The third-order valence-corrected chi connectivity index (χ3v) is 4.52. The van der Waals surface area contributed by atoms with E-state index in [-0.39, 0.29) is 4.90 Å². The van der Waals surface area contributed by atoms with E-state index in [4.69, 9.17) is 15.2 Å². The summed E-state index contributed by atoms with van der Waals surface area (Å²) in [6.07, 6.45) is 1.52. The van der Waals surface area contributed by atoms with Crippen molar-refractivity contribution in [1.82, 2.24) is 15.4 Å². The van der Waals surface area contributed by atoms with Crippen molar-refractivity contribution in [2.45, 2.75) is 4.90 Å². The van der Waals surface area contributed by atoms with Gasteiger partial charge in [0.25, 0.3) is 9.05 Å². The van der Waals surface area contributed by atoms with Crippen LogP contribution in [0.25, 0.3) is 22.4 Å². The Kier molecular flexibility index (Phi) is 3.23. The van der Waals surface area contributed by atoms with E-state index in [1.807, 2.05) is 0 Å². The first-order valence-corrected chi connectivity index (χ1v) is 8.39. The molecule has 0 fully saturated rings. The van der Waals surface area contributed by atoms with Crippen molar-refractivity contribution >= 4 is 46.6 Å². The van der Waals surface area contributed by atoms with Crippen molar-refractivity contribution in [3.63, 3.8) is 0 Å². The molecule has 0 unspecified atom stereocenters. The molecule has 0 saturated heterocycles. The summed E-state index contributed by atoms with van der Waals surface area (Å²) < 4.78 is 28.6. The average Bonchev–Trinajstić information content (AvgIpc) is 2.83. The Labute approximate surface area is 126 Å². The van der Waals surface area contributed by atoms with Crippen LogP contribution < -0.4 is 0 Å². The number of aromatic nitrogens is 3. The van der Waals surface area contributed by atoms with Gasteiger partial charge in [-0.1, -0.05) is 5.16 Å². The second-order valence-corrected chi connectivity index (χ2v) is 7.28. The SMILES string of the molecule is O=S(=O)(Cl)c1cc(Br)c2onc(-c3cccnn3)c2c1. The summed E-state index contributed by atoms with van der Waals surface area (Å²) in [5.41, 5.74) is 1.29. The average molecular weight is 375 g/mol. The molecule has 6 nitrogen and oxygen atoms in total. The van der Waals surface area contributed by atoms with Crippen LogP contribution in [-0.4, -0.2) is 23.8 Å². The highest BCUT2D eigenvalue weighted by Gasteiger charge is 2.19. The van der Waals surface area contributed by atoms with Gasteiger partial charge in [0, 0.05) is 16.9 Å². The Hall–Kier alpha value is -1.51. The van der Waals surface area contributed by atoms with Gasteiger partial charge in [-0.2, -0.15) is 5.10 Å². The lowest BCUT2D eigenvalue weighted by Gasteiger charge is -1.99. The van der Waals surface area contributed by atoms with E-state index < -0.39 is 9.05 Å². The lowest BCUT2D eigenvalue weighted by molar-refractivity contribution is 0.457. The maximum absolute atomic E-state index is 11.5. The summed E-state index contributed by atoms with van der Waals surface area (Å²) in [4.78, 5) is -0.0492. The molecule has 0 atom stereocenters. The Balaban J connectivity index is 2.34. The van der Waals surface area contributed by atoms with Crippen molar-refractivity contribution in [3.05, 3.63) is 34.9 Å².